The predicted molar refractivity (Wildman–Crippen MR) is 155 cm³/mol. The van der Waals surface area contributed by atoms with E-state index in [1.54, 1.807) is 18.5 Å². The van der Waals surface area contributed by atoms with Crippen LogP contribution in [0.2, 0.25) is 0 Å². The van der Waals surface area contributed by atoms with Gasteiger partial charge in [-0.1, -0.05) is 37.6 Å². The molecule has 0 bridgehead atoms. The van der Waals surface area contributed by atoms with Gasteiger partial charge >= 0.3 is 0 Å². The molecule has 0 spiro atoms. The molecule has 0 aliphatic rings. The van der Waals surface area contributed by atoms with Gasteiger partial charge in [0.2, 0.25) is 5.91 Å². The maximum absolute atomic E-state index is 14.2. The first-order valence-electron chi connectivity index (χ1n) is 13.1. The molecule has 0 saturated heterocycles. The molecule has 194 valence electrons. The minimum atomic E-state index is -0.248. The summed E-state index contributed by atoms with van der Waals surface area (Å²) in [7, 11) is 0. The number of aromatic nitrogens is 4. The van der Waals surface area contributed by atoms with Crippen molar-refractivity contribution in [2.45, 2.75) is 33.1 Å². The zero-order chi connectivity index (χ0) is 26.9. The number of fused-ring (bicyclic) bond motifs is 2. The van der Waals surface area contributed by atoms with Gasteiger partial charge in [0, 0.05) is 34.5 Å². The van der Waals surface area contributed by atoms with Crippen LogP contribution in [-0.2, 0) is 4.79 Å². The number of amides is 1. The van der Waals surface area contributed by atoms with E-state index in [0.29, 0.717) is 12.1 Å². The maximum Gasteiger partial charge on any atom is 0.224 e. The van der Waals surface area contributed by atoms with E-state index < -0.39 is 0 Å². The third kappa shape index (κ3) is 4.91. The normalized spacial score (nSPS) is 11.4. The van der Waals surface area contributed by atoms with Crippen molar-refractivity contribution in [3.63, 3.8) is 0 Å². The molecule has 6 rings (SSSR count). The number of pyridine rings is 1. The number of nitrogens with one attached hydrogen (secondary N) is 3. The summed E-state index contributed by atoms with van der Waals surface area (Å²) in [6.45, 7) is 3.96. The molecule has 39 heavy (non-hydrogen) atoms. The van der Waals surface area contributed by atoms with Gasteiger partial charge in [0.05, 0.1) is 23.1 Å². The standard InChI is InChI=1S/C32H28FN5O/c1-3-4-8-31(39)35-24-14-22(17-34-18-24)20-9-10-29-27(15-20)32(38-37-29)30-16-26-25(6-5-7-28(26)36-30)21-11-19(2)12-23(33)13-21/h5-7,9-18,36H,3-4,8H2,1-2H3,(H,35,39)(H,37,38). The van der Waals surface area contributed by atoms with E-state index in [2.05, 4.69) is 44.5 Å². The number of carbonyl (C=O) groups is 1. The molecule has 3 heterocycles. The quantitative estimate of drug-likeness (QED) is 0.200. The van der Waals surface area contributed by atoms with Crippen molar-refractivity contribution in [2.24, 2.45) is 0 Å². The van der Waals surface area contributed by atoms with E-state index in [1.165, 1.54) is 6.07 Å². The number of carbonyl (C=O) groups excluding carboxylic acids is 1. The average Bonchev–Trinajstić information content (AvgIpc) is 3.55. The van der Waals surface area contributed by atoms with Gasteiger partial charge in [-0.2, -0.15) is 5.10 Å². The summed E-state index contributed by atoms with van der Waals surface area (Å²) in [6, 6.07) is 21.2. The Morgan fingerprint density at radius 1 is 0.923 bits per heavy atom. The van der Waals surface area contributed by atoms with Crippen LogP contribution in [0.15, 0.2) is 79.1 Å². The molecule has 0 aliphatic heterocycles. The van der Waals surface area contributed by atoms with E-state index in [4.69, 9.17) is 0 Å². The number of hydrogen-bond acceptors (Lipinski definition) is 3. The first-order valence-corrected chi connectivity index (χ1v) is 13.1. The van der Waals surface area contributed by atoms with Crippen molar-refractivity contribution in [1.29, 1.82) is 0 Å². The Balaban J connectivity index is 1.38. The fourth-order valence-corrected chi connectivity index (χ4v) is 5.05. The lowest BCUT2D eigenvalue weighted by Gasteiger charge is -2.07. The van der Waals surface area contributed by atoms with E-state index in [-0.39, 0.29) is 11.7 Å². The van der Waals surface area contributed by atoms with Crippen LogP contribution in [0, 0.1) is 12.7 Å². The molecule has 0 aliphatic carbocycles. The van der Waals surface area contributed by atoms with Gasteiger partial charge in [0.25, 0.3) is 0 Å². The molecule has 0 radical (unpaired) electrons. The number of H-pyrrole nitrogens is 2. The highest BCUT2D eigenvalue weighted by atomic mass is 19.1. The summed E-state index contributed by atoms with van der Waals surface area (Å²) in [5.41, 5.74) is 8.74. The van der Waals surface area contributed by atoms with Crippen LogP contribution in [0.5, 0.6) is 0 Å². The Labute approximate surface area is 225 Å². The van der Waals surface area contributed by atoms with Crippen molar-refractivity contribution >= 4 is 33.4 Å². The van der Waals surface area contributed by atoms with Crippen LogP contribution in [0.4, 0.5) is 10.1 Å². The van der Waals surface area contributed by atoms with Crippen LogP contribution < -0.4 is 5.32 Å². The van der Waals surface area contributed by atoms with Gasteiger partial charge in [-0.05, 0) is 78.1 Å². The second-order valence-corrected chi connectivity index (χ2v) is 9.91. The van der Waals surface area contributed by atoms with E-state index in [1.807, 2.05) is 49.4 Å². The van der Waals surface area contributed by atoms with E-state index in [0.717, 1.165) is 73.9 Å². The molecule has 0 unspecified atom stereocenters. The molecule has 6 aromatic rings. The number of halogens is 1. The highest BCUT2D eigenvalue weighted by molar-refractivity contribution is 6.02. The summed E-state index contributed by atoms with van der Waals surface area (Å²) >= 11 is 0. The summed E-state index contributed by atoms with van der Waals surface area (Å²) in [6.07, 6.45) is 5.78. The molecule has 0 atom stereocenters. The third-order valence-electron chi connectivity index (χ3n) is 6.95. The molecule has 1 amide bonds. The number of rotatable bonds is 7. The number of hydrogen-bond donors (Lipinski definition) is 3. The first-order chi connectivity index (χ1) is 19.0. The Bertz CT molecular complexity index is 1810. The second-order valence-electron chi connectivity index (χ2n) is 9.91. The van der Waals surface area contributed by atoms with Crippen LogP contribution in [0.25, 0.3) is 55.4 Å². The van der Waals surface area contributed by atoms with Crippen molar-refractivity contribution in [3.8, 4) is 33.6 Å². The molecule has 0 fully saturated rings. The Morgan fingerprint density at radius 2 is 1.82 bits per heavy atom. The minimum Gasteiger partial charge on any atom is -0.353 e. The number of benzene rings is 3. The number of nitrogens with zero attached hydrogens (tertiary/aromatic N) is 2. The SMILES string of the molecule is CCCCC(=O)Nc1cncc(-c2ccc3[nH]nc(-c4cc5c(-c6cc(C)cc(F)c6)cccc5[nH]4)c3c2)c1. The topological polar surface area (TPSA) is 86.5 Å². The summed E-state index contributed by atoms with van der Waals surface area (Å²) in [4.78, 5) is 20.1. The monoisotopic (exact) mass is 517 g/mol. The minimum absolute atomic E-state index is 0.00467. The average molecular weight is 518 g/mol. The second kappa shape index (κ2) is 10.2. The van der Waals surface area contributed by atoms with Gasteiger partial charge in [0.15, 0.2) is 0 Å². The maximum atomic E-state index is 14.2. The first kappa shape index (κ1) is 24.6. The molecule has 3 N–H and O–H groups in total. The molecule has 6 nitrogen and oxygen atoms in total. The number of aromatic amines is 2. The molecule has 7 heteroatoms. The fraction of sp³-hybridized carbons (Fsp3) is 0.156. The van der Waals surface area contributed by atoms with Crippen LogP contribution in [0.1, 0.15) is 31.7 Å². The number of anilines is 1. The van der Waals surface area contributed by atoms with E-state index >= 15 is 0 Å². The number of unbranched alkanes of at least 4 members (excludes halogenated alkanes) is 1. The lowest BCUT2D eigenvalue weighted by atomic mass is 9.99. The van der Waals surface area contributed by atoms with Gasteiger partial charge < -0.3 is 10.3 Å². The summed E-state index contributed by atoms with van der Waals surface area (Å²) in [5, 5.41) is 12.7. The number of aryl methyl sites for hydroxylation is 1. The molecule has 3 aromatic carbocycles. The predicted octanol–water partition coefficient (Wildman–Crippen LogP) is 8.02. The van der Waals surface area contributed by atoms with E-state index in [9.17, 15) is 9.18 Å². The van der Waals surface area contributed by atoms with Gasteiger partial charge in [-0.25, -0.2) is 4.39 Å². The third-order valence-corrected chi connectivity index (χ3v) is 6.95. The van der Waals surface area contributed by atoms with Crippen LogP contribution in [-0.4, -0.2) is 26.1 Å². The largest absolute Gasteiger partial charge is 0.353 e. The van der Waals surface area contributed by atoms with Crippen molar-refractivity contribution < 1.29 is 9.18 Å². The Hall–Kier alpha value is -4.78. The molecular weight excluding hydrogens is 489 g/mol. The lowest BCUT2D eigenvalue weighted by molar-refractivity contribution is -0.116. The summed E-state index contributed by atoms with van der Waals surface area (Å²) < 4.78 is 14.2. The zero-order valence-corrected chi connectivity index (χ0v) is 21.8. The van der Waals surface area contributed by atoms with Crippen molar-refractivity contribution in [3.05, 3.63) is 90.5 Å². The Morgan fingerprint density at radius 3 is 2.67 bits per heavy atom. The highest BCUT2D eigenvalue weighted by Crippen LogP contribution is 2.36. The van der Waals surface area contributed by atoms with Crippen molar-refractivity contribution in [2.75, 3.05) is 5.32 Å². The van der Waals surface area contributed by atoms with Crippen LogP contribution >= 0.6 is 0 Å². The molecule has 0 saturated carbocycles. The van der Waals surface area contributed by atoms with Crippen LogP contribution in [0.3, 0.4) is 0 Å². The van der Waals surface area contributed by atoms with Gasteiger partial charge in [-0.15, -0.1) is 0 Å². The fourth-order valence-electron chi connectivity index (χ4n) is 5.05. The smallest absolute Gasteiger partial charge is 0.224 e. The zero-order valence-electron chi connectivity index (χ0n) is 21.8. The van der Waals surface area contributed by atoms with Gasteiger partial charge in [-0.3, -0.25) is 14.9 Å². The summed E-state index contributed by atoms with van der Waals surface area (Å²) in [5.74, 6) is -0.252. The van der Waals surface area contributed by atoms with Gasteiger partial charge in [0.1, 0.15) is 11.5 Å². The molecular formula is C32H28FN5O. The van der Waals surface area contributed by atoms with Crippen molar-refractivity contribution in [1.82, 2.24) is 20.2 Å². The molecule has 3 aromatic heterocycles. The Kier molecular flexibility index (Phi) is 6.40. The lowest BCUT2D eigenvalue weighted by Crippen LogP contribution is -2.11. The highest BCUT2D eigenvalue weighted by Gasteiger charge is 2.15.